The zero-order chi connectivity index (χ0) is 7.68. The Morgan fingerprint density at radius 1 is 1.18 bits per heavy atom. The molecule has 0 bridgehead atoms. The Labute approximate surface area is 68.2 Å². The molecule has 0 aromatic rings. The van der Waals surface area contributed by atoms with Crippen molar-refractivity contribution in [3.05, 3.63) is 0 Å². The summed E-state index contributed by atoms with van der Waals surface area (Å²) in [5.74, 6) is 0.808. The number of aliphatic hydroxyl groups excluding tert-OH is 1. The van der Waals surface area contributed by atoms with Crippen LogP contribution in [0.15, 0.2) is 0 Å². The summed E-state index contributed by atoms with van der Waals surface area (Å²) in [7, 11) is 0. The van der Waals surface area contributed by atoms with Crippen LogP contribution in [0.3, 0.4) is 0 Å². The summed E-state index contributed by atoms with van der Waals surface area (Å²) in [6, 6.07) is 0. The highest BCUT2D eigenvalue weighted by atomic mass is 16.3. The van der Waals surface area contributed by atoms with Crippen LogP contribution in [-0.2, 0) is 0 Å². The Morgan fingerprint density at radius 2 is 1.82 bits per heavy atom. The highest BCUT2D eigenvalue weighted by Gasteiger charge is 2.29. The van der Waals surface area contributed by atoms with Gasteiger partial charge in [0.05, 0.1) is 6.10 Å². The first-order valence-corrected chi connectivity index (χ1v) is 4.75. The normalized spacial score (nSPS) is 39.0. The molecule has 0 amide bonds. The van der Waals surface area contributed by atoms with E-state index in [1.54, 1.807) is 0 Å². The molecule has 2 heteroatoms. The van der Waals surface area contributed by atoms with Crippen LogP contribution in [0.4, 0.5) is 0 Å². The fourth-order valence-corrected chi connectivity index (χ4v) is 2.18. The second-order valence-electron chi connectivity index (χ2n) is 4.00. The van der Waals surface area contributed by atoms with E-state index in [0.29, 0.717) is 0 Å². The van der Waals surface area contributed by atoms with E-state index in [1.807, 2.05) is 0 Å². The molecule has 64 valence electrons. The summed E-state index contributed by atoms with van der Waals surface area (Å²) in [5.41, 5.74) is 0. The van der Waals surface area contributed by atoms with Crippen LogP contribution in [0.1, 0.15) is 25.7 Å². The summed E-state index contributed by atoms with van der Waals surface area (Å²) in [6.45, 7) is 3.84. The van der Waals surface area contributed by atoms with Gasteiger partial charge in [0.2, 0.25) is 0 Å². The van der Waals surface area contributed by atoms with E-state index in [1.165, 1.54) is 32.5 Å². The highest BCUT2D eigenvalue weighted by Crippen LogP contribution is 2.28. The molecule has 11 heavy (non-hydrogen) atoms. The quantitative estimate of drug-likeness (QED) is 0.639. The van der Waals surface area contributed by atoms with E-state index in [-0.39, 0.29) is 6.10 Å². The van der Waals surface area contributed by atoms with Crippen LogP contribution in [0.5, 0.6) is 0 Å². The number of hydrogen-bond acceptors (Lipinski definition) is 2. The first kappa shape index (κ1) is 7.56. The maximum atomic E-state index is 9.07. The van der Waals surface area contributed by atoms with Gasteiger partial charge < -0.3 is 10.0 Å². The SMILES string of the molecule is OC1CC(CN2CCCC2)C1. The van der Waals surface area contributed by atoms with Crippen molar-refractivity contribution in [1.29, 1.82) is 0 Å². The largest absolute Gasteiger partial charge is 0.393 e. The van der Waals surface area contributed by atoms with Gasteiger partial charge in [-0.25, -0.2) is 0 Å². The Morgan fingerprint density at radius 3 is 2.36 bits per heavy atom. The molecule has 0 unspecified atom stereocenters. The monoisotopic (exact) mass is 155 g/mol. The summed E-state index contributed by atoms with van der Waals surface area (Å²) >= 11 is 0. The van der Waals surface area contributed by atoms with Gasteiger partial charge in [-0.3, -0.25) is 0 Å². The van der Waals surface area contributed by atoms with Crippen molar-refractivity contribution in [2.24, 2.45) is 5.92 Å². The van der Waals surface area contributed by atoms with E-state index < -0.39 is 0 Å². The van der Waals surface area contributed by atoms with Crippen molar-refractivity contribution in [2.75, 3.05) is 19.6 Å². The van der Waals surface area contributed by atoms with E-state index in [2.05, 4.69) is 4.90 Å². The minimum atomic E-state index is 0.0302. The van der Waals surface area contributed by atoms with Crippen molar-refractivity contribution in [3.63, 3.8) is 0 Å². The van der Waals surface area contributed by atoms with Gasteiger partial charge in [-0.2, -0.15) is 0 Å². The average Bonchev–Trinajstić information content (AvgIpc) is 2.36. The summed E-state index contributed by atoms with van der Waals surface area (Å²) in [6.07, 6.45) is 4.90. The van der Waals surface area contributed by atoms with Crippen LogP contribution in [0.25, 0.3) is 0 Å². The first-order chi connectivity index (χ1) is 5.34. The number of likely N-dealkylation sites (tertiary alicyclic amines) is 1. The molecule has 0 aromatic carbocycles. The lowest BCUT2D eigenvalue weighted by molar-refractivity contribution is 0.0280. The Bertz CT molecular complexity index is 126. The maximum Gasteiger partial charge on any atom is 0.0546 e. The molecular weight excluding hydrogens is 138 g/mol. The van der Waals surface area contributed by atoms with Gasteiger partial charge in [-0.05, 0) is 44.7 Å². The Kier molecular flexibility index (Phi) is 2.14. The van der Waals surface area contributed by atoms with Crippen molar-refractivity contribution in [3.8, 4) is 0 Å². The van der Waals surface area contributed by atoms with E-state index in [4.69, 9.17) is 5.11 Å². The smallest absolute Gasteiger partial charge is 0.0546 e. The standard InChI is InChI=1S/C9H17NO/c11-9-5-8(6-9)7-10-3-1-2-4-10/h8-9,11H,1-7H2. The predicted octanol–water partition coefficient (Wildman–Crippen LogP) is 0.853. The number of rotatable bonds is 2. The number of hydrogen-bond donors (Lipinski definition) is 1. The lowest BCUT2D eigenvalue weighted by Crippen LogP contribution is -2.37. The highest BCUT2D eigenvalue weighted by molar-refractivity contribution is 4.82. The lowest BCUT2D eigenvalue weighted by Gasteiger charge is -2.34. The number of nitrogens with zero attached hydrogens (tertiary/aromatic N) is 1. The summed E-state index contributed by atoms with van der Waals surface area (Å²) < 4.78 is 0. The molecule has 1 saturated heterocycles. The predicted molar refractivity (Wildman–Crippen MR) is 44.4 cm³/mol. The van der Waals surface area contributed by atoms with Gasteiger partial charge in [0, 0.05) is 6.54 Å². The maximum absolute atomic E-state index is 9.07. The topological polar surface area (TPSA) is 23.5 Å². The van der Waals surface area contributed by atoms with Gasteiger partial charge in [0.15, 0.2) is 0 Å². The molecule has 2 aliphatic rings. The third-order valence-electron chi connectivity index (χ3n) is 2.93. The number of aliphatic hydroxyl groups is 1. The second kappa shape index (κ2) is 3.11. The molecule has 1 saturated carbocycles. The molecule has 2 nitrogen and oxygen atoms in total. The summed E-state index contributed by atoms with van der Waals surface area (Å²) in [4.78, 5) is 2.54. The van der Waals surface area contributed by atoms with Gasteiger partial charge in [-0.1, -0.05) is 0 Å². The van der Waals surface area contributed by atoms with Crippen molar-refractivity contribution in [1.82, 2.24) is 4.90 Å². The molecule has 0 radical (unpaired) electrons. The van der Waals surface area contributed by atoms with Gasteiger partial charge in [0.1, 0.15) is 0 Å². The molecule has 0 atom stereocenters. The van der Waals surface area contributed by atoms with Gasteiger partial charge >= 0.3 is 0 Å². The van der Waals surface area contributed by atoms with Gasteiger partial charge in [-0.15, -0.1) is 0 Å². The van der Waals surface area contributed by atoms with Crippen LogP contribution in [0.2, 0.25) is 0 Å². The summed E-state index contributed by atoms with van der Waals surface area (Å²) in [5, 5.41) is 9.07. The molecule has 2 rings (SSSR count). The Balaban J connectivity index is 1.66. The van der Waals surface area contributed by atoms with Crippen LogP contribution in [0, 0.1) is 5.92 Å². The fourth-order valence-electron chi connectivity index (χ4n) is 2.18. The van der Waals surface area contributed by atoms with E-state index in [0.717, 1.165) is 18.8 Å². The van der Waals surface area contributed by atoms with Crippen LogP contribution < -0.4 is 0 Å². The molecule has 0 spiro atoms. The first-order valence-electron chi connectivity index (χ1n) is 4.75. The molecule has 0 aromatic heterocycles. The third-order valence-corrected chi connectivity index (χ3v) is 2.93. The molecule has 2 fully saturated rings. The third kappa shape index (κ3) is 1.74. The molecule has 1 aliphatic heterocycles. The van der Waals surface area contributed by atoms with Crippen molar-refractivity contribution >= 4 is 0 Å². The fraction of sp³-hybridized carbons (Fsp3) is 1.00. The second-order valence-corrected chi connectivity index (χ2v) is 4.00. The minimum absolute atomic E-state index is 0.0302. The zero-order valence-electron chi connectivity index (χ0n) is 7.00. The molecule has 1 N–H and O–H groups in total. The minimum Gasteiger partial charge on any atom is -0.393 e. The lowest BCUT2D eigenvalue weighted by atomic mass is 9.82. The van der Waals surface area contributed by atoms with Crippen molar-refractivity contribution < 1.29 is 5.11 Å². The Hall–Kier alpha value is -0.0800. The van der Waals surface area contributed by atoms with Crippen LogP contribution in [-0.4, -0.2) is 35.7 Å². The molecule has 1 heterocycles. The van der Waals surface area contributed by atoms with Gasteiger partial charge in [0.25, 0.3) is 0 Å². The van der Waals surface area contributed by atoms with E-state index in [9.17, 15) is 0 Å². The molecule has 1 aliphatic carbocycles. The zero-order valence-corrected chi connectivity index (χ0v) is 7.00. The average molecular weight is 155 g/mol. The van der Waals surface area contributed by atoms with E-state index >= 15 is 0 Å². The van der Waals surface area contributed by atoms with Crippen molar-refractivity contribution in [2.45, 2.75) is 31.8 Å². The molecular formula is C9H17NO. The van der Waals surface area contributed by atoms with Crippen LogP contribution >= 0.6 is 0 Å².